The molecular formula is C25H31N7O3. The number of nitrogens with one attached hydrogen (secondary N) is 2. The maximum Gasteiger partial charge on any atom is 0.315 e. The molecule has 3 aromatic rings. The summed E-state index contributed by atoms with van der Waals surface area (Å²) in [5.74, 6) is -0.110. The van der Waals surface area contributed by atoms with Gasteiger partial charge < -0.3 is 26.0 Å². The number of carbonyl (C=O) groups excluding carboxylic acids is 2. The highest BCUT2D eigenvalue weighted by Crippen LogP contribution is 2.19. The van der Waals surface area contributed by atoms with Crippen LogP contribution >= 0.6 is 0 Å². The molecule has 1 aliphatic rings. The van der Waals surface area contributed by atoms with E-state index in [0.29, 0.717) is 38.5 Å². The molecule has 4 N–H and O–H groups in total. The van der Waals surface area contributed by atoms with Crippen LogP contribution in [0.1, 0.15) is 29.7 Å². The van der Waals surface area contributed by atoms with Gasteiger partial charge in [-0.1, -0.05) is 47.7 Å². The number of aromatic nitrogens is 3. The average Bonchev–Trinajstić information content (AvgIpc) is 3.52. The smallest absolute Gasteiger partial charge is 0.315 e. The van der Waals surface area contributed by atoms with Crippen molar-refractivity contribution in [2.75, 3.05) is 18.8 Å². The lowest BCUT2D eigenvalue weighted by atomic mass is 10.2. The van der Waals surface area contributed by atoms with Crippen molar-refractivity contribution < 1.29 is 14.3 Å². The zero-order valence-corrected chi connectivity index (χ0v) is 19.6. The molecule has 184 valence electrons. The number of nitrogens with zero attached hydrogens (tertiary/aromatic N) is 4. The second kappa shape index (κ2) is 12.0. The van der Waals surface area contributed by atoms with E-state index in [1.807, 2.05) is 53.6 Å². The Kier molecular flexibility index (Phi) is 8.29. The second-order valence-electron chi connectivity index (χ2n) is 8.57. The Morgan fingerprint density at radius 1 is 1.03 bits per heavy atom. The Labute approximate surface area is 204 Å². The van der Waals surface area contributed by atoms with Gasteiger partial charge in [-0.05, 0) is 36.1 Å². The predicted octanol–water partition coefficient (Wildman–Crippen LogP) is 2.07. The van der Waals surface area contributed by atoms with Crippen LogP contribution in [0.4, 0.5) is 10.5 Å². The average molecular weight is 478 g/mol. The molecule has 4 rings (SSSR count). The quantitative estimate of drug-likeness (QED) is 0.384. The lowest BCUT2D eigenvalue weighted by Gasteiger charge is -2.24. The van der Waals surface area contributed by atoms with Crippen molar-refractivity contribution in [3.05, 3.63) is 77.6 Å². The number of carbonyl (C=O) groups is 2. The number of hydrogen-bond donors (Lipinski definition) is 3. The maximum absolute atomic E-state index is 12.7. The summed E-state index contributed by atoms with van der Waals surface area (Å²) in [4.78, 5) is 26.7. The molecule has 1 atom stereocenters. The Morgan fingerprint density at radius 3 is 2.63 bits per heavy atom. The Hall–Kier alpha value is -3.92. The molecule has 35 heavy (non-hydrogen) atoms. The maximum atomic E-state index is 12.7. The van der Waals surface area contributed by atoms with E-state index in [4.69, 9.17) is 10.5 Å². The first-order valence-electron chi connectivity index (χ1n) is 11.7. The van der Waals surface area contributed by atoms with Gasteiger partial charge in [0.25, 0.3) is 0 Å². The molecule has 10 heteroatoms. The van der Waals surface area contributed by atoms with Gasteiger partial charge in [-0.3, -0.25) is 9.48 Å². The van der Waals surface area contributed by atoms with Crippen LogP contribution in [0.3, 0.4) is 0 Å². The number of anilines is 1. The van der Waals surface area contributed by atoms with E-state index in [-0.39, 0.29) is 24.5 Å². The van der Waals surface area contributed by atoms with Crippen molar-refractivity contribution in [3.63, 3.8) is 0 Å². The van der Waals surface area contributed by atoms with Crippen molar-refractivity contribution >= 4 is 17.6 Å². The van der Waals surface area contributed by atoms with Crippen LogP contribution in [-0.2, 0) is 35.8 Å². The van der Waals surface area contributed by atoms with Gasteiger partial charge in [0, 0.05) is 18.8 Å². The van der Waals surface area contributed by atoms with Gasteiger partial charge in [-0.15, -0.1) is 5.10 Å². The van der Waals surface area contributed by atoms with Crippen LogP contribution in [-0.4, -0.2) is 51.0 Å². The Balaban J connectivity index is 1.19. The normalized spacial score (nSPS) is 15.2. The van der Waals surface area contributed by atoms with E-state index < -0.39 is 0 Å². The monoisotopic (exact) mass is 477 g/mol. The van der Waals surface area contributed by atoms with Crippen molar-refractivity contribution in [2.24, 2.45) is 0 Å². The standard InChI is InChI=1S/C25H31N7O3/c26-21-10-8-19(9-11-21)13-27-25(34)28-14-24(33)32-12-4-7-23(32)16-31-15-22(29-30-31)18-35-17-20-5-2-1-3-6-20/h1-3,5-6,8-11,15,23H,4,7,12-14,16-18,26H2,(H2,27,28,34). The van der Waals surface area contributed by atoms with Gasteiger partial charge in [0.05, 0.1) is 38.5 Å². The third-order valence-electron chi connectivity index (χ3n) is 5.88. The molecule has 0 aliphatic carbocycles. The summed E-state index contributed by atoms with van der Waals surface area (Å²) in [6.07, 6.45) is 3.66. The minimum absolute atomic E-state index is 0.0157. The van der Waals surface area contributed by atoms with Gasteiger partial charge in [0.1, 0.15) is 5.69 Å². The zero-order chi connectivity index (χ0) is 24.5. The first kappa shape index (κ1) is 24.2. The zero-order valence-electron chi connectivity index (χ0n) is 19.6. The molecule has 0 bridgehead atoms. The summed E-state index contributed by atoms with van der Waals surface area (Å²) in [7, 11) is 0. The molecule has 2 heterocycles. The van der Waals surface area contributed by atoms with Crippen LogP contribution in [0.2, 0.25) is 0 Å². The number of likely N-dealkylation sites (tertiary alicyclic amines) is 1. The highest BCUT2D eigenvalue weighted by molar-refractivity contribution is 5.84. The Bertz CT molecular complexity index is 1100. The molecule has 0 spiro atoms. The molecule has 1 unspecified atom stereocenters. The van der Waals surface area contributed by atoms with Gasteiger partial charge in [0.2, 0.25) is 5.91 Å². The number of urea groups is 1. The SMILES string of the molecule is Nc1ccc(CNC(=O)NCC(=O)N2CCCC2Cn2cc(COCc3ccccc3)nn2)cc1. The summed E-state index contributed by atoms with van der Waals surface area (Å²) in [6, 6.07) is 16.8. The van der Waals surface area contributed by atoms with Gasteiger partial charge in [0.15, 0.2) is 0 Å². The molecule has 0 saturated carbocycles. The van der Waals surface area contributed by atoms with Gasteiger partial charge in [-0.25, -0.2) is 4.79 Å². The summed E-state index contributed by atoms with van der Waals surface area (Å²) in [5, 5.41) is 13.8. The number of rotatable bonds is 10. The fraction of sp³-hybridized carbons (Fsp3) is 0.360. The molecule has 1 fully saturated rings. The molecule has 2 aromatic carbocycles. The highest BCUT2D eigenvalue weighted by atomic mass is 16.5. The largest absolute Gasteiger partial charge is 0.399 e. The fourth-order valence-electron chi connectivity index (χ4n) is 4.05. The molecule has 1 aliphatic heterocycles. The number of hydrogen-bond acceptors (Lipinski definition) is 6. The topological polar surface area (TPSA) is 127 Å². The third-order valence-corrected chi connectivity index (χ3v) is 5.88. The third kappa shape index (κ3) is 7.28. The van der Waals surface area contributed by atoms with E-state index in [9.17, 15) is 9.59 Å². The van der Waals surface area contributed by atoms with Crippen LogP contribution in [0.15, 0.2) is 60.8 Å². The lowest BCUT2D eigenvalue weighted by molar-refractivity contribution is -0.131. The van der Waals surface area contributed by atoms with E-state index in [1.54, 1.807) is 16.8 Å². The number of ether oxygens (including phenoxy) is 1. The predicted molar refractivity (Wildman–Crippen MR) is 131 cm³/mol. The van der Waals surface area contributed by atoms with Crippen LogP contribution in [0.25, 0.3) is 0 Å². The van der Waals surface area contributed by atoms with E-state index in [1.165, 1.54) is 0 Å². The second-order valence-corrected chi connectivity index (χ2v) is 8.57. The minimum atomic E-state index is -0.387. The summed E-state index contributed by atoms with van der Waals surface area (Å²) in [6.45, 7) is 2.41. The van der Waals surface area contributed by atoms with Crippen molar-refractivity contribution in [3.8, 4) is 0 Å². The molecule has 0 radical (unpaired) electrons. The van der Waals surface area contributed by atoms with Gasteiger partial charge in [-0.2, -0.15) is 0 Å². The van der Waals surface area contributed by atoms with Crippen molar-refractivity contribution in [2.45, 2.75) is 45.2 Å². The van der Waals surface area contributed by atoms with Crippen LogP contribution in [0.5, 0.6) is 0 Å². The van der Waals surface area contributed by atoms with Crippen molar-refractivity contribution in [1.29, 1.82) is 0 Å². The first-order chi connectivity index (χ1) is 17.1. The van der Waals surface area contributed by atoms with E-state index in [0.717, 1.165) is 29.7 Å². The van der Waals surface area contributed by atoms with Crippen molar-refractivity contribution in [1.82, 2.24) is 30.5 Å². The summed E-state index contributed by atoms with van der Waals surface area (Å²) >= 11 is 0. The number of benzene rings is 2. The summed E-state index contributed by atoms with van der Waals surface area (Å²) in [5.41, 5.74) is 9.12. The summed E-state index contributed by atoms with van der Waals surface area (Å²) < 4.78 is 7.48. The fourth-order valence-corrected chi connectivity index (χ4v) is 4.05. The van der Waals surface area contributed by atoms with E-state index >= 15 is 0 Å². The lowest BCUT2D eigenvalue weighted by Crippen LogP contribution is -2.46. The number of nitrogens with two attached hydrogens (primary N) is 1. The minimum Gasteiger partial charge on any atom is -0.399 e. The molecule has 1 saturated heterocycles. The number of nitrogen functional groups attached to an aromatic ring is 1. The molecule has 3 amide bonds. The molecule has 1 aromatic heterocycles. The first-order valence-corrected chi connectivity index (χ1v) is 11.7. The van der Waals surface area contributed by atoms with Crippen LogP contribution < -0.4 is 16.4 Å². The van der Waals surface area contributed by atoms with Gasteiger partial charge >= 0.3 is 6.03 Å². The van der Waals surface area contributed by atoms with Crippen LogP contribution in [0, 0.1) is 0 Å². The Morgan fingerprint density at radius 2 is 1.83 bits per heavy atom. The number of amides is 3. The molecule has 10 nitrogen and oxygen atoms in total. The highest BCUT2D eigenvalue weighted by Gasteiger charge is 2.29. The van der Waals surface area contributed by atoms with E-state index in [2.05, 4.69) is 20.9 Å². The molecular weight excluding hydrogens is 446 g/mol.